The van der Waals surface area contributed by atoms with E-state index in [2.05, 4.69) is 12.1 Å². The van der Waals surface area contributed by atoms with E-state index in [1.54, 1.807) is 24.3 Å². The van der Waals surface area contributed by atoms with Gasteiger partial charge in [0, 0.05) is 49.2 Å². The molecule has 5 nitrogen and oxygen atoms in total. The first-order chi connectivity index (χ1) is 30.5. The molecular weight excluding hydrogens is 663 g/mol. The number of para-hydroxylation sites is 1. The first kappa shape index (κ1) is 22.5. The highest BCUT2D eigenvalue weighted by Crippen LogP contribution is 2.39. The lowest BCUT2D eigenvalue weighted by atomic mass is 10.00. The maximum absolute atomic E-state index is 9.49. The molecule has 8 aromatic carbocycles. The third-order valence-corrected chi connectivity index (χ3v) is 9.61. The van der Waals surface area contributed by atoms with Gasteiger partial charge in [0.05, 0.1) is 12.3 Å². The van der Waals surface area contributed by atoms with Crippen molar-refractivity contribution in [2.75, 3.05) is 0 Å². The van der Waals surface area contributed by atoms with E-state index in [1.807, 2.05) is 84.9 Å². The zero-order valence-electron chi connectivity index (χ0n) is 37.2. The van der Waals surface area contributed by atoms with Crippen molar-refractivity contribution in [2.24, 2.45) is 0 Å². The molecule has 3 heterocycles. The van der Waals surface area contributed by atoms with Gasteiger partial charge in [0.15, 0.2) is 17.5 Å². The van der Waals surface area contributed by atoms with Gasteiger partial charge in [-0.3, -0.25) is 0 Å². The van der Waals surface area contributed by atoms with Gasteiger partial charge in [0.2, 0.25) is 0 Å². The van der Waals surface area contributed by atoms with Crippen LogP contribution in [0.5, 0.6) is 0 Å². The third kappa shape index (κ3) is 4.98. The van der Waals surface area contributed by atoms with Crippen LogP contribution < -0.4 is 0 Å². The van der Waals surface area contributed by atoms with E-state index in [-0.39, 0.29) is 56.4 Å². The molecule has 0 aliphatic rings. The first-order valence-electron chi connectivity index (χ1n) is 21.8. The smallest absolute Gasteiger partial charge is 0.164 e. The van der Waals surface area contributed by atoms with Gasteiger partial charge in [-0.05, 0) is 58.4 Å². The minimum Gasteiger partial charge on any atom is -0.455 e. The van der Waals surface area contributed by atoms with Gasteiger partial charge in [-0.2, -0.15) is 0 Å². The quantitative estimate of drug-likeness (QED) is 0.179. The second kappa shape index (κ2) is 12.1. The lowest BCUT2D eigenvalue weighted by Gasteiger charge is -2.10. The molecule has 0 aliphatic carbocycles. The fourth-order valence-electron chi connectivity index (χ4n) is 7.00. The summed E-state index contributed by atoms with van der Waals surface area (Å²) in [5.74, 6) is 1.11. The number of aromatic nitrogens is 3. The second-order valence-corrected chi connectivity index (χ2v) is 12.9. The standard InChI is InChI=1S/C49H29N3O2/c1-3-11-30(12-4-1)38-19-10-20-40-39-24-22-36(29-44(39)54-45(38)40)49-51-47(32-14-5-2-6-15-32)50-48(52-49)35-17-9-16-33(27-35)34-23-26-43-42(28-34)41-25-21-31-13-7-8-18-37(31)46(41)53-43/h1-29H/i7D,8D,13D,18D,21D,23D,25D,26D,28D. The molecule has 54 heavy (non-hydrogen) atoms. The SMILES string of the molecule is [2H]c1c(-c2cccc(-c3nc(-c4ccccc4)nc(-c4ccc5c(c4)oc4c(-c6ccccc6)cccc45)n3)c2)c([2H])c2c(oc3c4c([2H])c([2H])c([2H])c([2H])c4c([2H])c([2H])c32)c1[2H]. The monoisotopic (exact) mass is 700 g/mol. The Balaban J connectivity index is 1.09. The summed E-state index contributed by atoms with van der Waals surface area (Å²) in [6, 6.07) is 34.6. The van der Waals surface area contributed by atoms with Crippen LogP contribution in [0.3, 0.4) is 0 Å². The molecule has 0 saturated heterocycles. The summed E-state index contributed by atoms with van der Waals surface area (Å²) in [4.78, 5) is 14.8. The van der Waals surface area contributed by atoms with Gasteiger partial charge < -0.3 is 8.83 Å². The molecule has 0 bridgehead atoms. The molecule has 0 spiro atoms. The summed E-state index contributed by atoms with van der Waals surface area (Å²) in [6.07, 6.45) is 0. The molecule has 0 fully saturated rings. The molecule has 3 aromatic heterocycles. The van der Waals surface area contributed by atoms with Gasteiger partial charge in [-0.1, -0.05) is 139 Å². The van der Waals surface area contributed by atoms with Crippen LogP contribution in [-0.2, 0) is 0 Å². The summed E-state index contributed by atoms with van der Waals surface area (Å²) in [6.45, 7) is 0. The number of rotatable bonds is 5. The van der Waals surface area contributed by atoms with Crippen molar-refractivity contribution >= 4 is 54.6 Å². The van der Waals surface area contributed by atoms with E-state index >= 15 is 0 Å². The van der Waals surface area contributed by atoms with Gasteiger partial charge in [-0.25, -0.2) is 15.0 Å². The Bertz CT molecular complexity index is 3740. The zero-order chi connectivity index (χ0) is 43.4. The van der Waals surface area contributed by atoms with Crippen molar-refractivity contribution in [1.82, 2.24) is 15.0 Å². The maximum atomic E-state index is 9.49. The predicted molar refractivity (Wildman–Crippen MR) is 219 cm³/mol. The molecule has 0 aliphatic heterocycles. The van der Waals surface area contributed by atoms with Crippen LogP contribution in [0.1, 0.15) is 12.3 Å². The number of furan rings is 2. The van der Waals surface area contributed by atoms with Crippen molar-refractivity contribution in [3.63, 3.8) is 0 Å². The van der Waals surface area contributed by atoms with Crippen molar-refractivity contribution in [3.8, 4) is 56.4 Å². The highest BCUT2D eigenvalue weighted by molar-refractivity contribution is 6.15. The maximum Gasteiger partial charge on any atom is 0.164 e. The summed E-state index contributed by atoms with van der Waals surface area (Å²) < 4.78 is 91.7. The highest BCUT2D eigenvalue weighted by atomic mass is 16.3. The van der Waals surface area contributed by atoms with Crippen LogP contribution >= 0.6 is 0 Å². The van der Waals surface area contributed by atoms with E-state index in [0.717, 1.165) is 33.0 Å². The number of nitrogens with zero attached hydrogens (tertiary/aromatic N) is 3. The van der Waals surface area contributed by atoms with Gasteiger partial charge in [-0.15, -0.1) is 0 Å². The van der Waals surface area contributed by atoms with Gasteiger partial charge >= 0.3 is 0 Å². The Hall–Kier alpha value is -7.37. The summed E-state index contributed by atoms with van der Waals surface area (Å²) in [5, 5.41) is 1.55. The van der Waals surface area contributed by atoms with Gasteiger partial charge in [0.1, 0.15) is 22.3 Å². The fourth-order valence-corrected chi connectivity index (χ4v) is 7.00. The van der Waals surface area contributed by atoms with Crippen LogP contribution in [0.25, 0.3) is 111 Å². The molecular formula is C49H29N3O2. The third-order valence-electron chi connectivity index (χ3n) is 9.61. The largest absolute Gasteiger partial charge is 0.455 e. The lowest BCUT2D eigenvalue weighted by Crippen LogP contribution is -2.00. The zero-order valence-corrected chi connectivity index (χ0v) is 28.2. The van der Waals surface area contributed by atoms with Crippen molar-refractivity contribution in [3.05, 3.63) is 176 Å². The topological polar surface area (TPSA) is 65.0 Å². The van der Waals surface area contributed by atoms with E-state index in [1.165, 1.54) is 0 Å². The van der Waals surface area contributed by atoms with Gasteiger partial charge in [0.25, 0.3) is 0 Å². The van der Waals surface area contributed by atoms with E-state index in [4.69, 9.17) is 34.8 Å². The number of hydrogen-bond acceptors (Lipinski definition) is 5. The number of benzene rings is 8. The summed E-state index contributed by atoms with van der Waals surface area (Å²) in [5.41, 5.74) is 5.53. The Labute approximate surface area is 322 Å². The Morgan fingerprint density at radius 2 is 1.07 bits per heavy atom. The first-order valence-corrected chi connectivity index (χ1v) is 17.3. The molecule has 252 valence electrons. The molecule has 0 N–H and O–H groups in total. The molecule has 0 atom stereocenters. The highest BCUT2D eigenvalue weighted by Gasteiger charge is 2.17. The van der Waals surface area contributed by atoms with E-state index in [9.17, 15) is 1.37 Å². The van der Waals surface area contributed by atoms with Crippen molar-refractivity contribution in [2.45, 2.75) is 0 Å². The Kier molecular flexibility index (Phi) is 5.06. The van der Waals surface area contributed by atoms with E-state index in [0.29, 0.717) is 39.7 Å². The lowest BCUT2D eigenvalue weighted by molar-refractivity contribution is 0.670. The Morgan fingerprint density at radius 3 is 1.91 bits per heavy atom. The summed E-state index contributed by atoms with van der Waals surface area (Å²) >= 11 is 0. The number of fused-ring (bicyclic) bond motifs is 8. The van der Waals surface area contributed by atoms with Crippen LogP contribution in [0, 0.1) is 0 Å². The second-order valence-electron chi connectivity index (χ2n) is 12.9. The fraction of sp³-hybridized carbons (Fsp3) is 0. The van der Waals surface area contributed by atoms with Crippen LogP contribution in [0.15, 0.2) is 185 Å². The van der Waals surface area contributed by atoms with Crippen LogP contribution in [0.2, 0.25) is 0 Å². The molecule has 0 amide bonds. The average Bonchev–Trinajstić information content (AvgIpc) is 3.91. The van der Waals surface area contributed by atoms with E-state index < -0.39 is 36.3 Å². The van der Waals surface area contributed by atoms with Crippen molar-refractivity contribution < 1.29 is 21.2 Å². The predicted octanol–water partition coefficient (Wildman–Crippen LogP) is 13.2. The molecule has 5 heteroatoms. The van der Waals surface area contributed by atoms with Crippen LogP contribution in [0.4, 0.5) is 0 Å². The summed E-state index contributed by atoms with van der Waals surface area (Å²) in [7, 11) is 0. The Morgan fingerprint density at radius 1 is 0.389 bits per heavy atom. The minimum atomic E-state index is -0.556. The molecule has 0 unspecified atom stereocenters. The molecule has 0 saturated carbocycles. The number of hydrogen-bond donors (Lipinski definition) is 0. The van der Waals surface area contributed by atoms with Crippen LogP contribution in [-0.4, -0.2) is 15.0 Å². The normalized spacial score (nSPS) is 14.0. The molecule has 11 aromatic rings. The molecule has 0 radical (unpaired) electrons. The van der Waals surface area contributed by atoms with Crippen molar-refractivity contribution in [1.29, 1.82) is 0 Å². The minimum absolute atomic E-state index is 0.00936. The molecule has 11 rings (SSSR count). The average molecular weight is 701 g/mol.